The second-order valence-corrected chi connectivity index (χ2v) is 9.91. The standard InChI is InChI=1S/C22H20FN3O2S.ClH/c1-25-19-9-7-14(11-16(19)22-18-8-6-13(24-18)10-21(22)25)29(27,28)26-12-17(23)15-4-2-3-5-20(15)26;/h2-5,7,9,11-13,18,24H,6,8,10H2,1H3;1H. The Kier molecular flexibility index (Phi) is 4.29. The molecule has 2 bridgehead atoms. The maximum Gasteiger partial charge on any atom is 0.268 e. The third-order valence-corrected chi connectivity index (χ3v) is 8.22. The van der Waals surface area contributed by atoms with Crippen LogP contribution in [0.2, 0.25) is 0 Å². The Morgan fingerprint density at radius 2 is 1.87 bits per heavy atom. The number of hydrogen-bond acceptors (Lipinski definition) is 3. The molecule has 8 heteroatoms. The molecule has 2 aliphatic heterocycles. The zero-order valence-electron chi connectivity index (χ0n) is 16.3. The lowest BCUT2D eigenvalue weighted by molar-refractivity contribution is 0.503. The van der Waals surface area contributed by atoms with Gasteiger partial charge in [-0.25, -0.2) is 16.8 Å². The third kappa shape index (κ3) is 2.52. The van der Waals surface area contributed by atoms with Crippen molar-refractivity contribution in [2.24, 2.45) is 7.05 Å². The summed E-state index contributed by atoms with van der Waals surface area (Å²) in [6, 6.07) is 12.7. The van der Waals surface area contributed by atoms with E-state index in [0.29, 0.717) is 16.9 Å². The number of para-hydroxylation sites is 1. The van der Waals surface area contributed by atoms with Crippen molar-refractivity contribution in [1.29, 1.82) is 0 Å². The highest BCUT2D eigenvalue weighted by molar-refractivity contribution is 7.90. The van der Waals surface area contributed by atoms with E-state index >= 15 is 0 Å². The first kappa shape index (κ1) is 19.6. The van der Waals surface area contributed by atoms with E-state index in [1.165, 1.54) is 11.3 Å². The maximum absolute atomic E-state index is 14.3. The molecule has 1 fully saturated rings. The van der Waals surface area contributed by atoms with E-state index in [1.807, 2.05) is 6.07 Å². The highest BCUT2D eigenvalue weighted by Gasteiger charge is 2.36. The molecule has 2 unspecified atom stereocenters. The van der Waals surface area contributed by atoms with E-state index in [2.05, 4.69) is 16.9 Å². The maximum atomic E-state index is 14.3. The van der Waals surface area contributed by atoms with Crippen LogP contribution in [0.3, 0.4) is 0 Å². The molecule has 0 spiro atoms. The van der Waals surface area contributed by atoms with Crippen molar-refractivity contribution in [3.63, 3.8) is 0 Å². The summed E-state index contributed by atoms with van der Waals surface area (Å²) >= 11 is 0. The van der Waals surface area contributed by atoms with Crippen molar-refractivity contribution < 1.29 is 12.8 Å². The van der Waals surface area contributed by atoms with Crippen LogP contribution in [0.15, 0.2) is 53.6 Å². The van der Waals surface area contributed by atoms with E-state index in [9.17, 15) is 12.8 Å². The molecule has 2 aromatic carbocycles. The van der Waals surface area contributed by atoms with Crippen LogP contribution in [0, 0.1) is 5.82 Å². The molecule has 4 aromatic rings. The Bertz CT molecular complexity index is 1420. The van der Waals surface area contributed by atoms with Gasteiger partial charge in [-0.2, -0.15) is 0 Å². The van der Waals surface area contributed by atoms with E-state index in [4.69, 9.17) is 0 Å². The zero-order valence-corrected chi connectivity index (χ0v) is 17.9. The molecule has 2 atom stereocenters. The van der Waals surface area contributed by atoms with Gasteiger partial charge in [-0.05, 0) is 48.7 Å². The van der Waals surface area contributed by atoms with Gasteiger partial charge in [0, 0.05) is 47.5 Å². The molecule has 2 aromatic heterocycles. The van der Waals surface area contributed by atoms with Crippen LogP contribution in [-0.2, 0) is 23.5 Å². The number of nitrogens with zero attached hydrogens (tertiary/aromatic N) is 2. The van der Waals surface area contributed by atoms with Crippen molar-refractivity contribution >= 4 is 44.2 Å². The Hall–Kier alpha value is -2.35. The number of halogens is 2. The minimum absolute atomic E-state index is 0. The van der Waals surface area contributed by atoms with Gasteiger partial charge in [-0.1, -0.05) is 12.1 Å². The molecular formula is C22H21ClFN3O2S. The molecule has 6 rings (SSSR count). The molecule has 30 heavy (non-hydrogen) atoms. The number of aromatic nitrogens is 2. The number of aryl methyl sites for hydroxylation is 1. The van der Waals surface area contributed by atoms with Gasteiger partial charge < -0.3 is 9.88 Å². The summed E-state index contributed by atoms with van der Waals surface area (Å²) in [4.78, 5) is 0.180. The quantitative estimate of drug-likeness (QED) is 0.501. The van der Waals surface area contributed by atoms with Crippen LogP contribution in [0.1, 0.15) is 30.1 Å². The number of benzene rings is 2. The molecule has 1 saturated heterocycles. The summed E-state index contributed by atoms with van der Waals surface area (Å²) in [6.07, 6.45) is 4.25. The monoisotopic (exact) mass is 445 g/mol. The Morgan fingerprint density at radius 3 is 2.70 bits per heavy atom. The van der Waals surface area contributed by atoms with Crippen LogP contribution in [0.25, 0.3) is 21.8 Å². The molecule has 0 amide bonds. The molecular weight excluding hydrogens is 425 g/mol. The predicted octanol–water partition coefficient (Wildman–Crippen LogP) is 4.28. The minimum atomic E-state index is -3.92. The number of hydrogen-bond donors (Lipinski definition) is 1. The molecule has 2 aliphatic rings. The van der Waals surface area contributed by atoms with E-state index in [-0.39, 0.29) is 23.3 Å². The average molecular weight is 446 g/mol. The molecule has 0 saturated carbocycles. The lowest BCUT2D eigenvalue weighted by Gasteiger charge is -2.23. The normalized spacial score (nSPS) is 20.5. The van der Waals surface area contributed by atoms with Gasteiger partial charge >= 0.3 is 0 Å². The van der Waals surface area contributed by atoms with Crippen molar-refractivity contribution in [3.05, 3.63) is 65.7 Å². The number of nitrogens with one attached hydrogen (secondary N) is 1. The van der Waals surface area contributed by atoms with E-state index in [0.717, 1.165) is 40.3 Å². The highest BCUT2D eigenvalue weighted by Crippen LogP contribution is 2.42. The van der Waals surface area contributed by atoms with Crippen molar-refractivity contribution in [3.8, 4) is 0 Å². The van der Waals surface area contributed by atoms with Crippen molar-refractivity contribution in [1.82, 2.24) is 13.9 Å². The summed E-state index contributed by atoms with van der Waals surface area (Å²) in [5.41, 5.74) is 3.89. The van der Waals surface area contributed by atoms with Gasteiger partial charge in [0.25, 0.3) is 10.0 Å². The first-order valence-corrected chi connectivity index (χ1v) is 11.3. The largest absolute Gasteiger partial charge is 0.347 e. The summed E-state index contributed by atoms with van der Waals surface area (Å²) < 4.78 is 44.4. The highest BCUT2D eigenvalue weighted by atomic mass is 35.5. The van der Waals surface area contributed by atoms with Gasteiger partial charge in [0.15, 0.2) is 0 Å². The zero-order chi connectivity index (χ0) is 19.9. The van der Waals surface area contributed by atoms with Crippen LogP contribution in [-0.4, -0.2) is 23.0 Å². The van der Waals surface area contributed by atoms with E-state index in [1.54, 1.807) is 36.4 Å². The van der Waals surface area contributed by atoms with Gasteiger partial charge in [0.1, 0.15) is 5.82 Å². The fourth-order valence-electron chi connectivity index (χ4n) is 5.16. The third-order valence-electron chi connectivity index (χ3n) is 6.55. The summed E-state index contributed by atoms with van der Waals surface area (Å²) in [5.74, 6) is -0.538. The predicted molar refractivity (Wildman–Crippen MR) is 117 cm³/mol. The van der Waals surface area contributed by atoms with Crippen molar-refractivity contribution in [2.45, 2.75) is 36.2 Å². The average Bonchev–Trinajstić information content (AvgIpc) is 3.36. The van der Waals surface area contributed by atoms with Crippen molar-refractivity contribution in [2.75, 3.05) is 0 Å². The van der Waals surface area contributed by atoms with Gasteiger partial charge in [0.2, 0.25) is 0 Å². The fraction of sp³-hybridized carbons (Fsp3) is 0.273. The van der Waals surface area contributed by atoms with Gasteiger partial charge in [-0.3, -0.25) is 0 Å². The summed E-state index contributed by atoms with van der Waals surface area (Å²) in [7, 11) is -1.87. The number of rotatable bonds is 2. The Labute approximate surface area is 179 Å². The number of fused-ring (bicyclic) bond motifs is 7. The topological polar surface area (TPSA) is 56.0 Å². The molecule has 0 radical (unpaired) electrons. The van der Waals surface area contributed by atoms with Gasteiger partial charge in [-0.15, -0.1) is 12.4 Å². The molecule has 4 heterocycles. The van der Waals surface area contributed by atoms with Crippen LogP contribution < -0.4 is 5.32 Å². The van der Waals surface area contributed by atoms with Gasteiger partial charge in [0.05, 0.1) is 16.6 Å². The fourth-order valence-corrected chi connectivity index (χ4v) is 6.55. The van der Waals surface area contributed by atoms with Crippen LogP contribution in [0.5, 0.6) is 0 Å². The second-order valence-electron chi connectivity index (χ2n) is 8.09. The van der Waals surface area contributed by atoms with Crippen LogP contribution >= 0.6 is 12.4 Å². The molecule has 0 aliphatic carbocycles. The lowest BCUT2D eigenvalue weighted by atomic mass is 9.99. The smallest absolute Gasteiger partial charge is 0.268 e. The SMILES string of the molecule is Cl.Cn1c2c(c3cc(S(=O)(=O)n4cc(F)c5ccccc54)ccc31)C1CCC(C2)N1. The lowest BCUT2D eigenvalue weighted by Crippen LogP contribution is -2.32. The molecule has 5 nitrogen and oxygen atoms in total. The summed E-state index contributed by atoms with van der Waals surface area (Å²) in [6.45, 7) is 0. The first-order chi connectivity index (χ1) is 13.9. The minimum Gasteiger partial charge on any atom is -0.347 e. The molecule has 1 N–H and O–H groups in total. The Balaban J connectivity index is 0.00000193. The Morgan fingerprint density at radius 1 is 1.07 bits per heavy atom. The second kappa shape index (κ2) is 6.57. The first-order valence-electron chi connectivity index (χ1n) is 9.83. The molecule has 156 valence electrons. The van der Waals surface area contributed by atoms with Crippen LogP contribution in [0.4, 0.5) is 4.39 Å². The van der Waals surface area contributed by atoms with E-state index < -0.39 is 15.8 Å². The summed E-state index contributed by atoms with van der Waals surface area (Å²) in [5, 5.41) is 4.92.